The molecule has 8 heteroatoms. The molecule has 1 aliphatic rings. The smallest absolute Gasteiger partial charge is 0.255 e. The van der Waals surface area contributed by atoms with Crippen molar-refractivity contribution in [1.82, 2.24) is 9.88 Å². The summed E-state index contributed by atoms with van der Waals surface area (Å²) < 4.78 is 12.0. The van der Waals surface area contributed by atoms with Crippen LogP contribution in [-0.2, 0) is 0 Å². The van der Waals surface area contributed by atoms with Crippen LogP contribution in [0.15, 0.2) is 41.3 Å². The third-order valence-electron chi connectivity index (χ3n) is 5.15. The van der Waals surface area contributed by atoms with Crippen LogP contribution in [0.3, 0.4) is 0 Å². The van der Waals surface area contributed by atoms with Gasteiger partial charge in [0, 0.05) is 31.1 Å². The number of thioether (sulfide) groups is 1. The normalized spacial score (nSPS) is 14.2. The minimum absolute atomic E-state index is 0.110. The van der Waals surface area contributed by atoms with Gasteiger partial charge in [0.25, 0.3) is 5.91 Å². The van der Waals surface area contributed by atoms with E-state index in [1.807, 2.05) is 41.3 Å². The Kier molecular flexibility index (Phi) is 6.34. The molecule has 1 fully saturated rings. The van der Waals surface area contributed by atoms with E-state index in [1.165, 1.54) is 0 Å². The molecule has 2 heterocycles. The van der Waals surface area contributed by atoms with Crippen LogP contribution >= 0.6 is 23.1 Å². The third kappa shape index (κ3) is 3.94. The van der Waals surface area contributed by atoms with Gasteiger partial charge in [-0.25, -0.2) is 4.98 Å². The highest BCUT2D eigenvalue weighted by molar-refractivity contribution is 7.99. The molecule has 4 rings (SSSR count). The topological polar surface area (TPSA) is 54.9 Å². The van der Waals surface area contributed by atoms with E-state index in [0.29, 0.717) is 13.1 Å². The number of nitrogens with zero attached hydrogens (tertiary/aromatic N) is 3. The number of benzene rings is 2. The number of methoxy groups -OCH3 is 2. The molecule has 0 bridgehead atoms. The van der Waals surface area contributed by atoms with Gasteiger partial charge < -0.3 is 19.3 Å². The molecular weight excluding hydrogens is 418 g/mol. The first-order valence-electron chi connectivity index (χ1n) is 9.93. The minimum atomic E-state index is 0.110. The molecule has 0 unspecified atom stereocenters. The summed E-state index contributed by atoms with van der Waals surface area (Å²) in [6, 6.07) is 11.7. The maximum Gasteiger partial charge on any atom is 0.255 e. The van der Waals surface area contributed by atoms with Gasteiger partial charge in [0.05, 0.1) is 19.8 Å². The van der Waals surface area contributed by atoms with Gasteiger partial charge in [-0.1, -0.05) is 30.4 Å². The molecule has 158 valence electrons. The highest BCUT2D eigenvalue weighted by Gasteiger charge is 2.26. The van der Waals surface area contributed by atoms with E-state index in [9.17, 15) is 4.79 Å². The van der Waals surface area contributed by atoms with Crippen molar-refractivity contribution >= 4 is 44.4 Å². The zero-order valence-electron chi connectivity index (χ0n) is 17.4. The van der Waals surface area contributed by atoms with Gasteiger partial charge in [0.1, 0.15) is 21.7 Å². The molecule has 1 amide bonds. The number of hydrogen-bond donors (Lipinski definition) is 0. The monoisotopic (exact) mass is 443 g/mol. The molecule has 0 spiro atoms. The standard InChI is InChI=1S/C22H25N3O3S2/c1-4-29-18-8-6-5-7-15(18)21(26)24-11-13-25(14-12-24)22-23-19-16(27-2)9-10-17(28-3)20(19)30-22/h5-10H,4,11-14H2,1-3H3. The Hall–Kier alpha value is -2.45. The zero-order chi connectivity index (χ0) is 21.1. The van der Waals surface area contributed by atoms with Gasteiger partial charge in [0.2, 0.25) is 0 Å². The van der Waals surface area contributed by atoms with E-state index in [-0.39, 0.29) is 5.91 Å². The highest BCUT2D eigenvalue weighted by atomic mass is 32.2. The number of hydrogen-bond acceptors (Lipinski definition) is 7. The quantitative estimate of drug-likeness (QED) is 0.527. The zero-order valence-corrected chi connectivity index (χ0v) is 19.0. The van der Waals surface area contributed by atoms with Crippen LogP contribution in [0.5, 0.6) is 11.5 Å². The van der Waals surface area contributed by atoms with Crippen molar-refractivity contribution in [2.24, 2.45) is 0 Å². The van der Waals surface area contributed by atoms with Gasteiger partial charge in [-0.3, -0.25) is 4.79 Å². The predicted octanol–water partition coefficient (Wildman–Crippen LogP) is 4.39. The van der Waals surface area contributed by atoms with Crippen LogP contribution in [0.25, 0.3) is 10.2 Å². The number of rotatable bonds is 6. The lowest BCUT2D eigenvalue weighted by Gasteiger charge is -2.34. The van der Waals surface area contributed by atoms with Gasteiger partial charge in [-0.2, -0.15) is 0 Å². The lowest BCUT2D eigenvalue weighted by Crippen LogP contribution is -2.48. The summed E-state index contributed by atoms with van der Waals surface area (Å²) in [4.78, 5) is 23.1. The summed E-state index contributed by atoms with van der Waals surface area (Å²) in [7, 11) is 3.32. The molecule has 1 saturated heterocycles. The fourth-order valence-corrected chi connectivity index (χ4v) is 5.53. The first kappa shape index (κ1) is 20.8. The highest BCUT2D eigenvalue weighted by Crippen LogP contribution is 2.40. The van der Waals surface area contributed by atoms with Crippen LogP contribution in [-0.4, -0.2) is 61.9 Å². The molecular formula is C22H25N3O3S2. The molecule has 2 aromatic carbocycles. The minimum Gasteiger partial charge on any atom is -0.495 e. The predicted molar refractivity (Wildman–Crippen MR) is 124 cm³/mol. The van der Waals surface area contributed by atoms with Crippen LogP contribution in [0.2, 0.25) is 0 Å². The first-order valence-corrected chi connectivity index (χ1v) is 11.7. The Morgan fingerprint density at radius 2 is 1.77 bits per heavy atom. The molecule has 3 aromatic rings. The van der Waals surface area contributed by atoms with Crippen molar-refractivity contribution in [1.29, 1.82) is 0 Å². The number of anilines is 1. The van der Waals surface area contributed by atoms with E-state index >= 15 is 0 Å². The molecule has 1 aromatic heterocycles. The number of carbonyl (C=O) groups is 1. The Labute approximate surface area is 184 Å². The number of thiazole rings is 1. The van der Waals surface area contributed by atoms with Crippen molar-refractivity contribution in [3.8, 4) is 11.5 Å². The summed E-state index contributed by atoms with van der Waals surface area (Å²) in [6.45, 7) is 4.95. The Morgan fingerprint density at radius 1 is 1.07 bits per heavy atom. The van der Waals surface area contributed by atoms with Crippen LogP contribution < -0.4 is 14.4 Å². The molecule has 30 heavy (non-hydrogen) atoms. The van der Waals surface area contributed by atoms with E-state index in [2.05, 4.69) is 11.8 Å². The molecule has 0 N–H and O–H groups in total. The Bertz CT molecular complexity index is 1000. The molecule has 0 aliphatic carbocycles. The Morgan fingerprint density at radius 3 is 2.47 bits per heavy atom. The summed E-state index contributed by atoms with van der Waals surface area (Å²) in [5.41, 5.74) is 1.62. The number of aromatic nitrogens is 1. The summed E-state index contributed by atoms with van der Waals surface area (Å²) in [6.07, 6.45) is 0. The van der Waals surface area contributed by atoms with Crippen molar-refractivity contribution < 1.29 is 14.3 Å². The number of amides is 1. The summed E-state index contributed by atoms with van der Waals surface area (Å²) >= 11 is 3.31. The van der Waals surface area contributed by atoms with Gasteiger partial charge in [-0.15, -0.1) is 11.8 Å². The van der Waals surface area contributed by atoms with Crippen molar-refractivity contribution in [3.05, 3.63) is 42.0 Å². The van der Waals surface area contributed by atoms with Gasteiger partial charge in [0.15, 0.2) is 5.13 Å². The molecule has 0 atom stereocenters. The van der Waals surface area contributed by atoms with E-state index < -0.39 is 0 Å². The number of ether oxygens (including phenoxy) is 2. The van der Waals surface area contributed by atoms with Crippen LogP contribution in [0.1, 0.15) is 17.3 Å². The van der Waals surface area contributed by atoms with E-state index in [1.54, 1.807) is 37.3 Å². The molecule has 0 saturated carbocycles. The first-order chi connectivity index (χ1) is 14.7. The SMILES string of the molecule is CCSc1ccccc1C(=O)N1CCN(c2nc3c(OC)ccc(OC)c3s2)CC1. The van der Waals surface area contributed by atoms with Crippen LogP contribution in [0.4, 0.5) is 5.13 Å². The molecule has 0 radical (unpaired) electrons. The maximum atomic E-state index is 13.1. The number of fused-ring (bicyclic) bond motifs is 1. The number of piperazine rings is 1. The second-order valence-corrected chi connectivity index (χ2v) is 9.14. The maximum absolute atomic E-state index is 13.1. The van der Waals surface area contributed by atoms with Gasteiger partial charge >= 0.3 is 0 Å². The molecule has 6 nitrogen and oxygen atoms in total. The van der Waals surface area contributed by atoms with Gasteiger partial charge in [-0.05, 0) is 30.0 Å². The van der Waals surface area contributed by atoms with Crippen molar-refractivity contribution in [2.45, 2.75) is 11.8 Å². The van der Waals surface area contributed by atoms with E-state index in [0.717, 1.165) is 56.1 Å². The lowest BCUT2D eigenvalue weighted by atomic mass is 10.2. The van der Waals surface area contributed by atoms with Crippen molar-refractivity contribution in [2.75, 3.05) is 51.1 Å². The molecule has 1 aliphatic heterocycles. The van der Waals surface area contributed by atoms with Crippen molar-refractivity contribution in [3.63, 3.8) is 0 Å². The van der Waals surface area contributed by atoms with E-state index in [4.69, 9.17) is 14.5 Å². The Balaban J connectivity index is 1.51. The fourth-order valence-electron chi connectivity index (χ4n) is 3.61. The summed E-state index contributed by atoms with van der Waals surface area (Å²) in [5.74, 6) is 2.60. The average molecular weight is 444 g/mol. The lowest BCUT2D eigenvalue weighted by molar-refractivity contribution is 0.0743. The second-order valence-electron chi connectivity index (χ2n) is 6.85. The largest absolute Gasteiger partial charge is 0.495 e. The average Bonchev–Trinajstić information content (AvgIpc) is 3.24. The second kappa shape index (κ2) is 9.14. The fraction of sp³-hybridized carbons (Fsp3) is 0.364. The van der Waals surface area contributed by atoms with Crippen LogP contribution in [0, 0.1) is 0 Å². The summed E-state index contributed by atoms with van der Waals surface area (Å²) in [5, 5.41) is 0.932. The third-order valence-corrected chi connectivity index (χ3v) is 7.24. The number of carbonyl (C=O) groups excluding carboxylic acids is 1.